The highest BCUT2D eigenvalue weighted by Crippen LogP contribution is 2.32. The molecule has 1 aromatic rings. The van der Waals surface area contributed by atoms with Crippen molar-refractivity contribution in [2.45, 2.75) is 65.3 Å². The van der Waals surface area contributed by atoms with Crippen LogP contribution in [0.2, 0.25) is 0 Å². The molecule has 1 aliphatic heterocycles. The normalized spacial score (nSPS) is 19.3. The van der Waals surface area contributed by atoms with E-state index >= 15 is 0 Å². The molecule has 1 saturated carbocycles. The second-order valence-electron chi connectivity index (χ2n) is 9.30. The average molecular weight is 458 g/mol. The van der Waals surface area contributed by atoms with Crippen LogP contribution in [0.1, 0.15) is 70.9 Å². The zero-order valence-electron chi connectivity index (χ0n) is 19.6. The number of anilines is 1. The number of ether oxygens (including phenoxy) is 1. The molecule has 32 heavy (non-hydrogen) atoms. The van der Waals surface area contributed by atoms with Gasteiger partial charge in [-0.2, -0.15) is 0 Å². The van der Waals surface area contributed by atoms with E-state index in [2.05, 4.69) is 10.6 Å². The SMILES string of the molecule is CC1=C(C(=O)OCC(C)C)C(c2cccc(NC(=O)CCC3CCCC3)c2)NC(=S)N1C. The summed E-state index contributed by atoms with van der Waals surface area (Å²) >= 11 is 5.48. The molecule has 7 heteroatoms. The minimum atomic E-state index is -0.436. The van der Waals surface area contributed by atoms with Gasteiger partial charge in [0.2, 0.25) is 5.91 Å². The third-order valence-corrected chi connectivity index (χ3v) is 6.67. The lowest BCUT2D eigenvalue weighted by molar-refractivity contribution is -0.140. The van der Waals surface area contributed by atoms with Gasteiger partial charge in [-0.1, -0.05) is 51.7 Å². The van der Waals surface area contributed by atoms with Crippen LogP contribution in [0.5, 0.6) is 0 Å². The fourth-order valence-corrected chi connectivity index (χ4v) is 4.58. The van der Waals surface area contributed by atoms with Gasteiger partial charge < -0.3 is 20.3 Å². The Bertz CT molecular complexity index is 890. The summed E-state index contributed by atoms with van der Waals surface area (Å²) in [4.78, 5) is 27.2. The van der Waals surface area contributed by atoms with Crippen LogP contribution < -0.4 is 10.6 Å². The minimum absolute atomic E-state index is 0.0317. The van der Waals surface area contributed by atoms with Gasteiger partial charge in [0.25, 0.3) is 0 Å². The van der Waals surface area contributed by atoms with Crippen molar-refractivity contribution in [1.82, 2.24) is 10.2 Å². The number of hydrogen-bond acceptors (Lipinski definition) is 4. The Kier molecular flexibility index (Phi) is 8.29. The summed E-state index contributed by atoms with van der Waals surface area (Å²) in [6.07, 6.45) is 6.54. The Balaban J connectivity index is 1.76. The highest BCUT2D eigenvalue weighted by molar-refractivity contribution is 7.80. The molecule has 0 spiro atoms. The maximum atomic E-state index is 13.0. The zero-order chi connectivity index (χ0) is 23.3. The fraction of sp³-hybridized carbons (Fsp3) is 0.560. The molecular formula is C25H35N3O3S. The van der Waals surface area contributed by atoms with Gasteiger partial charge in [-0.25, -0.2) is 4.79 Å². The number of hydrogen-bond donors (Lipinski definition) is 2. The van der Waals surface area contributed by atoms with E-state index in [-0.39, 0.29) is 17.8 Å². The second-order valence-corrected chi connectivity index (χ2v) is 9.68. The van der Waals surface area contributed by atoms with Crippen molar-refractivity contribution in [3.8, 4) is 0 Å². The van der Waals surface area contributed by atoms with Crippen molar-refractivity contribution in [2.75, 3.05) is 19.0 Å². The highest BCUT2D eigenvalue weighted by atomic mass is 32.1. The van der Waals surface area contributed by atoms with Gasteiger partial charge in [-0.05, 0) is 55.1 Å². The fourth-order valence-electron chi connectivity index (χ4n) is 4.32. The first-order chi connectivity index (χ1) is 15.3. The highest BCUT2D eigenvalue weighted by Gasteiger charge is 2.33. The molecule has 0 aromatic heterocycles. The standard InChI is InChI=1S/C25H35N3O3S/c1-16(2)15-31-24(30)22-17(3)28(4)25(32)27-23(22)19-10-7-11-20(14-19)26-21(29)13-12-18-8-5-6-9-18/h7,10-11,14,16,18,23H,5-6,8-9,12-13,15H2,1-4H3,(H,26,29)(H,27,32). The summed E-state index contributed by atoms with van der Waals surface area (Å²) in [6.45, 7) is 6.24. The average Bonchev–Trinajstić information content (AvgIpc) is 3.28. The number of rotatable bonds is 8. The molecule has 3 rings (SSSR count). The predicted molar refractivity (Wildman–Crippen MR) is 131 cm³/mol. The van der Waals surface area contributed by atoms with Crippen LogP contribution in [0.25, 0.3) is 0 Å². The molecule has 1 unspecified atom stereocenters. The third-order valence-electron chi connectivity index (χ3n) is 6.28. The van der Waals surface area contributed by atoms with Crippen molar-refractivity contribution >= 4 is 34.9 Å². The molecular weight excluding hydrogens is 422 g/mol. The predicted octanol–water partition coefficient (Wildman–Crippen LogP) is 4.93. The maximum absolute atomic E-state index is 13.0. The molecule has 6 nitrogen and oxygen atoms in total. The first-order valence-electron chi connectivity index (χ1n) is 11.6. The Hall–Kier alpha value is -2.41. The topological polar surface area (TPSA) is 70.7 Å². The Morgan fingerprint density at radius 3 is 2.69 bits per heavy atom. The third kappa shape index (κ3) is 6.09. The Labute approximate surface area is 196 Å². The first kappa shape index (κ1) is 24.2. The first-order valence-corrected chi connectivity index (χ1v) is 12.0. The summed E-state index contributed by atoms with van der Waals surface area (Å²) in [7, 11) is 1.83. The lowest BCUT2D eigenvalue weighted by atomic mass is 9.94. The molecule has 1 amide bonds. The number of benzene rings is 1. The maximum Gasteiger partial charge on any atom is 0.338 e. The second kappa shape index (κ2) is 10.9. The van der Waals surface area contributed by atoms with Crippen molar-refractivity contribution in [1.29, 1.82) is 0 Å². The minimum Gasteiger partial charge on any atom is -0.462 e. The zero-order valence-corrected chi connectivity index (χ0v) is 20.4. The number of allylic oxidation sites excluding steroid dienone is 1. The van der Waals surface area contributed by atoms with E-state index in [0.29, 0.717) is 29.6 Å². The summed E-state index contributed by atoms with van der Waals surface area (Å²) < 4.78 is 5.55. The summed E-state index contributed by atoms with van der Waals surface area (Å²) in [5.74, 6) is 0.610. The number of nitrogens with one attached hydrogen (secondary N) is 2. The number of carbonyl (C=O) groups is 2. The Morgan fingerprint density at radius 1 is 1.28 bits per heavy atom. The van der Waals surface area contributed by atoms with Gasteiger partial charge in [0.1, 0.15) is 0 Å². The van der Waals surface area contributed by atoms with Crippen LogP contribution in [0, 0.1) is 11.8 Å². The molecule has 0 bridgehead atoms. The van der Waals surface area contributed by atoms with E-state index in [1.807, 2.05) is 52.1 Å². The van der Waals surface area contributed by atoms with Crippen LogP contribution in [-0.2, 0) is 14.3 Å². The van der Waals surface area contributed by atoms with Crippen LogP contribution in [-0.4, -0.2) is 35.5 Å². The Morgan fingerprint density at radius 2 is 2.00 bits per heavy atom. The number of thiocarbonyl (C=S) groups is 1. The van der Waals surface area contributed by atoms with Crippen LogP contribution in [0.15, 0.2) is 35.5 Å². The molecule has 174 valence electrons. The summed E-state index contributed by atoms with van der Waals surface area (Å²) in [5, 5.41) is 6.82. The molecule has 0 radical (unpaired) electrons. The quantitative estimate of drug-likeness (QED) is 0.426. The van der Waals surface area contributed by atoms with Crippen molar-refractivity contribution in [3.05, 3.63) is 41.1 Å². The number of nitrogens with zero attached hydrogens (tertiary/aromatic N) is 1. The molecule has 2 N–H and O–H groups in total. The monoisotopic (exact) mass is 457 g/mol. The van der Waals surface area contributed by atoms with Crippen LogP contribution >= 0.6 is 12.2 Å². The molecule has 1 aromatic carbocycles. The lowest BCUT2D eigenvalue weighted by Gasteiger charge is -2.35. The van der Waals surface area contributed by atoms with E-state index in [1.54, 1.807) is 4.90 Å². The molecule has 0 saturated heterocycles. The molecule has 2 aliphatic rings. The van der Waals surface area contributed by atoms with Crippen LogP contribution in [0.4, 0.5) is 5.69 Å². The van der Waals surface area contributed by atoms with E-state index in [9.17, 15) is 9.59 Å². The number of carbonyl (C=O) groups excluding carboxylic acids is 2. The van der Waals surface area contributed by atoms with Crippen molar-refractivity contribution < 1.29 is 14.3 Å². The molecule has 1 aliphatic carbocycles. The smallest absolute Gasteiger partial charge is 0.338 e. The van der Waals surface area contributed by atoms with Gasteiger partial charge in [-0.15, -0.1) is 0 Å². The van der Waals surface area contributed by atoms with E-state index < -0.39 is 6.04 Å². The molecule has 1 fully saturated rings. The van der Waals surface area contributed by atoms with Crippen molar-refractivity contribution in [3.63, 3.8) is 0 Å². The van der Waals surface area contributed by atoms with Crippen molar-refractivity contribution in [2.24, 2.45) is 11.8 Å². The van der Waals surface area contributed by atoms with Gasteiger partial charge >= 0.3 is 5.97 Å². The van der Waals surface area contributed by atoms with Gasteiger partial charge in [0, 0.05) is 24.9 Å². The van der Waals surface area contributed by atoms with Gasteiger partial charge in [0.15, 0.2) is 5.11 Å². The number of esters is 1. The van der Waals surface area contributed by atoms with Gasteiger partial charge in [0.05, 0.1) is 18.2 Å². The summed E-state index contributed by atoms with van der Waals surface area (Å²) in [6, 6.07) is 7.16. The van der Waals surface area contributed by atoms with E-state index in [4.69, 9.17) is 17.0 Å². The van der Waals surface area contributed by atoms with Gasteiger partial charge in [-0.3, -0.25) is 4.79 Å². The molecule has 1 atom stereocenters. The van der Waals surface area contributed by atoms with Crippen LogP contribution in [0.3, 0.4) is 0 Å². The van der Waals surface area contributed by atoms with E-state index in [0.717, 1.165) is 23.4 Å². The summed E-state index contributed by atoms with van der Waals surface area (Å²) in [5.41, 5.74) is 2.87. The lowest BCUT2D eigenvalue weighted by Crippen LogP contribution is -2.46. The van der Waals surface area contributed by atoms with E-state index in [1.165, 1.54) is 25.7 Å². The number of amides is 1. The largest absolute Gasteiger partial charge is 0.462 e. The molecule has 1 heterocycles.